The minimum atomic E-state index is -0.754. The molecular weight excluding hydrogens is 364 g/mol. The number of aliphatic hydroxyl groups excluding tert-OH is 1. The Morgan fingerprint density at radius 2 is 1.93 bits per heavy atom. The number of imidazole rings is 1. The van der Waals surface area contributed by atoms with Crippen molar-refractivity contribution in [3.63, 3.8) is 0 Å². The maximum Gasteiger partial charge on any atom is 0.332 e. The van der Waals surface area contributed by atoms with Crippen LogP contribution in [0.1, 0.15) is 52.3 Å². The lowest BCUT2D eigenvalue weighted by molar-refractivity contribution is -0.251. The monoisotopic (exact) mass is 392 g/mol. The number of aromatic nitrogens is 4. The Balaban J connectivity index is 1.90. The Morgan fingerprint density at radius 1 is 1.21 bits per heavy atom. The van der Waals surface area contributed by atoms with Crippen LogP contribution in [-0.2, 0) is 28.2 Å². The van der Waals surface area contributed by atoms with E-state index < -0.39 is 11.7 Å². The maximum atomic E-state index is 13.0. The van der Waals surface area contributed by atoms with E-state index in [0.29, 0.717) is 49.3 Å². The quantitative estimate of drug-likeness (QED) is 0.781. The van der Waals surface area contributed by atoms with Gasteiger partial charge in [-0.25, -0.2) is 9.78 Å². The van der Waals surface area contributed by atoms with Crippen molar-refractivity contribution < 1.29 is 14.6 Å². The highest BCUT2D eigenvalue weighted by molar-refractivity contribution is 5.70. The second kappa shape index (κ2) is 7.13. The highest BCUT2D eigenvalue weighted by Gasteiger charge is 2.50. The standard InChI is InChI=1S/C19H28N4O5/c1-4-6-22-15-14(16(25)23(7-5-2)18(22)26)20-17(21-15)19-8-11(3)28-13(9-19)12(24)10-27-19/h11-13,24H,4-10H2,1-3H3,(H,20,21). The van der Waals surface area contributed by atoms with Gasteiger partial charge >= 0.3 is 5.69 Å². The van der Waals surface area contributed by atoms with E-state index in [9.17, 15) is 14.7 Å². The summed E-state index contributed by atoms with van der Waals surface area (Å²) in [5.74, 6) is 0.533. The van der Waals surface area contributed by atoms with E-state index in [1.54, 1.807) is 4.57 Å². The minimum Gasteiger partial charge on any atom is -0.388 e. The third-order valence-corrected chi connectivity index (χ3v) is 5.70. The number of hydrogen-bond donors (Lipinski definition) is 2. The van der Waals surface area contributed by atoms with Gasteiger partial charge in [0, 0.05) is 25.9 Å². The van der Waals surface area contributed by atoms with Gasteiger partial charge in [0.1, 0.15) is 23.0 Å². The minimum absolute atomic E-state index is 0.114. The van der Waals surface area contributed by atoms with Gasteiger partial charge in [-0.05, 0) is 19.8 Å². The third-order valence-electron chi connectivity index (χ3n) is 5.70. The molecule has 9 nitrogen and oxygen atoms in total. The van der Waals surface area contributed by atoms with Gasteiger partial charge < -0.3 is 19.6 Å². The zero-order chi connectivity index (χ0) is 20.1. The first-order valence-corrected chi connectivity index (χ1v) is 10.1. The van der Waals surface area contributed by atoms with Gasteiger partial charge in [0.25, 0.3) is 5.56 Å². The number of aromatic amines is 1. The van der Waals surface area contributed by atoms with Crippen molar-refractivity contribution in [2.45, 2.75) is 83.5 Å². The van der Waals surface area contributed by atoms with Crippen LogP contribution in [0.2, 0.25) is 0 Å². The fourth-order valence-electron chi connectivity index (χ4n) is 4.45. The van der Waals surface area contributed by atoms with Crippen LogP contribution in [0.3, 0.4) is 0 Å². The molecule has 28 heavy (non-hydrogen) atoms. The number of H-pyrrole nitrogens is 1. The molecule has 0 radical (unpaired) electrons. The molecule has 2 saturated heterocycles. The Labute approximate surface area is 162 Å². The largest absolute Gasteiger partial charge is 0.388 e. The van der Waals surface area contributed by atoms with Crippen molar-refractivity contribution in [1.82, 2.24) is 19.1 Å². The van der Waals surface area contributed by atoms with Crippen LogP contribution in [0.4, 0.5) is 0 Å². The molecule has 0 amide bonds. The normalized spacial score (nSPS) is 30.1. The molecule has 0 spiro atoms. The molecule has 0 aliphatic carbocycles. The average Bonchev–Trinajstić information content (AvgIpc) is 3.11. The van der Waals surface area contributed by atoms with E-state index in [4.69, 9.17) is 9.47 Å². The van der Waals surface area contributed by atoms with E-state index in [1.807, 2.05) is 20.8 Å². The number of rotatable bonds is 5. The van der Waals surface area contributed by atoms with Crippen molar-refractivity contribution >= 4 is 11.2 Å². The summed E-state index contributed by atoms with van der Waals surface area (Å²) in [6, 6.07) is 0. The van der Waals surface area contributed by atoms with Crippen molar-refractivity contribution in [3.8, 4) is 0 Å². The number of fused-ring (bicyclic) bond motifs is 3. The summed E-state index contributed by atoms with van der Waals surface area (Å²) in [6.07, 6.45) is 1.34. The first-order valence-electron chi connectivity index (χ1n) is 10.1. The SMILES string of the molecule is CCCn1c(=O)c2[nH]c(C34CC(C)OC(C3)C(O)CO4)nc2n(CCC)c1=O. The van der Waals surface area contributed by atoms with E-state index >= 15 is 0 Å². The molecule has 9 heteroatoms. The summed E-state index contributed by atoms with van der Waals surface area (Å²) in [5.41, 5.74) is -0.725. The Morgan fingerprint density at radius 3 is 2.64 bits per heavy atom. The molecule has 4 atom stereocenters. The van der Waals surface area contributed by atoms with Crippen molar-refractivity contribution in [2.24, 2.45) is 0 Å². The molecule has 2 aliphatic rings. The molecule has 4 unspecified atom stereocenters. The summed E-state index contributed by atoms with van der Waals surface area (Å²) in [7, 11) is 0. The number of hydrogen-bond acceptors (Lipinski definition) is 6. The van der Waals surface area contributed by atoms with Crippen LogP contribution < -0.4 is 11.2 Å². The predicted octanol–water partition coefficient (Wildman–Crippen LogP) is 0.860. The van der Waals surface area contributed by atoms with E-state index in [1.165, 1.54) is 4.57 Å². The van der Waals surface area contributed by atoms with Crippen molar-refractivity contribution in [2.75, 3.05) is 6.61 Å². The van der Waals surface area contributed by atoms with Crippen molar-refractivity contribution in [3.05, 3.63) is 26.7 Å². The highest BCUT2D eigenvalue weighted by atomic mass is 16.6. The first-order chi connectivity index (χ1) is 13.4. The zero-order valence-corrected chi connectivity index (χ0v) is 16.6. The number of ether oxygens (including phenoxy) is 2. The lowest BCUT2D eigenvalue weighted by Crippen LogP contribution is -2.55. The van der Waals surface area contributed by atoms with Gasteiger partial charge in [0.05, 0.1) is 18.8 Å². The lowest BCUT2D eigenvalue weighted by atomic mass is 9.82. The summed E-state index contributed by atoms with van der Waals surface area (Å²) in [4.78, 5) is 33.7. The molecule has 2 aromatic heterocycles. The highest BCUT2D eigenvalue weighted by Crippen LogP contribution is 2.43. The van der Waals surface area contributed by atoms with Crippen LogP contribution in [0, 0.1) is 0 Å². The summed E-state index contributed by atoms with van der Waals surface area (Å²) < 4.78 is 14.8. The van der Waals surface area contributed by atoms with Crippen LogP contribution >= 0.6 is 0 Å². The average molecular weight is 392 g/mol. The Kier molecular flexibility index (Phi) is 4.93. The predicted molar refractivity (Wildman–Crippen MR) is 102 cm³/mol. The van der Waals surface area contributed by atoms with Crippen LogP contribution in [0.15, 0.2) is 9.59 Å². The number of nitrogens with one attached hydrogen (secondary N) is 1. The molecule has 2 aliphatic heterocycles. The first kappa shape index (κ1) is 19.4. The molecule has 0 aromatic carbocycles. The van der Waals surface area contributed by atoms with E-state index in [-0.39, 0.29) is 30.1 Å². The van der Waals surface area contributed by atoms with E-state index in [2.05, 4.69) is 9.97 Å². The van der Waals surface area contributed by atoms with E-state index in [0.717, 1.165) is 6.42 Å². The molecule has 4 rings (SSSR count). The number of aryl methyl sites for hydroxylation is 1. The molecule has 0 saturated carbocycles. The smallest absolute Gasteiger partial charge is 0.332 e. The Bertz CT molecular complexity index is 993. The van der Waals surface area contributed by atoms with Gasteiger partial charge in [-0.15, -0.1) is 0 Å². The van der Waals surface area contributed by atoms with Gasteiger partial charge in [0.15, 0.2) is 5.65 Å². The summed E-state index contributed by atoms with van der Waals surface area (Å²) in [6.45, 7) is 6.85. The van der Waals surface area contributed by atoms with Crippen LogP contribution in [0.25, 0.3) is 11.2 Å². The van der Waals surface area contributed by atoms with Gasteiger partial charge in [-0.2, -0.15) is 0 Å². The van der Waals surface area contributed by atoms with Gasteiger partial charge in [0.2, 0.25) is 0 Å². The second-order valence-corrected chi connectivity index (χ2v) is 7.94. The van der Waals surface area contributed by atoms with Gasteiger partial charge in [-0.3, -0.25) is 13.9 Å². The van der Waals surface area contributed by atoms with Crippen LogP contribution in [-0.4, -0.2) is 49.1 Å². The lowest BCUT2D eigenvalue weighted by Gasteiger charge is -2.47. The molecule has 2 fully saturated rings. The molecule has 4 heterocycles. The summed E-state index contributed by atoms with van der Waals surface area (Å²) in [5, 5.41) is 10.2. The molecule has 154 valence electrons. The zero-order valence-electron chi connectivity index (χ0n) is 16.6. The number of aliphatic hydroxyl groups is 1. The third kappa shape index (κ3) is 2.92. The van der Waals surface area contributed by atoms with Crippen LogP contribution in [0.5, 0.6) is 0 Å². The molecular formula is C19H28N4O5. The Hall–Kier alpha value is -1.97. The number of nitrogens with zero attached hydrogens (tertiary/aromatic N) is 3. The van der Waals surface area contributed by atoms with Gasteiger partial charge in [-0.1, -0.05) is 13.8 Å². The molecule has 2 bridgehead atoms. The fourth-order valence-corrected chi connectivity index (χ4v) is 4.45. The maximum absolute atomic E-state index is 13.0. The second-order valence-electron chi connectivity index (χ2n) is 7.94. The fraction of sp³-hybridized carbons (Fsp3) is 0.737. The molecule has 2 aromatic rings. The topological polar surface area (TPSA) is 111 Å². The summed E-state index contributed by atoms with van der Waals surface area (Å²) >= 11 is 0. The van der Waals surface area contributed by atoms with Crippen molar-refractivity contribution in [1.29, 1.82) is 0 Å². The molecule has 2 N–H and O–H groups in total.